The van der Waals surface area contributed by atoms with Crippen molar-refractivity contribution in [3.05, 3.63) is 69.9 Å². The molecule has 0 saturated heterocycles. The first-order chi connectivity index (χ1) is 10.2. The molecule has 0 bridgehead atoms. The minimum atomic E-state index is -0.0453. The number of hydrogen-bond acceptors (Lipinski definition) is 3. The van der Waals surface area contributed by atoms with Crippen LogP contribution in [0.4, 0.5) is 5.69 Å². The van der Waals surface area contributed by atoms with Crippen LogP contribution >= 0.6 is 22.6 Å². The molecule has 0 aliphatic heterocycles. The van der Waals surface area contributed by atoms with Crippen molar-refractivity contribution in [1.82, 2.24) is 0 Å². The number of nitrogens with one attached hydrogen (secondary N) is 1. The maximum absolute atomic E-state index is 12.0. The molecule has 0 spiro atoms. The van der Waals surface area contributed by atoms with Crippen molar-refractivity contribution in [1.29, 1.82) is 0 Å². The first kappa shape index (κ1) is 15.6. The standard InChI is InChI=1S/C17H16INO2/c1-2-21-16-9-3-13(4-10-16)17(20)11-12-19-15-7-5-14(18)6-8-15/h3-12,19H,2H2,1H3/b12-11+. The van der Waals surface area contributed by atoms with Crippen LogP contribution in [0, 0.1) is 3.57 Å². The monoisotopic (exact) mass is 393 g/mol. The molecule has 4 heteroatoms. The van der Waals surface area contributed by atoms with Crippen LogP contribution in [0.2, 0.25) is 0 Å². The topological polar surface area (TPSA) is 38.3 Å². The lowest BCUT2D eigenvalue weighted by molar-refractivity contribution is 0.104. The number of benzene rings is 2. The predicted molar refractivity (Wildman–Crippen MR) is 93.9 cm³/mol. The number of allylic oxidation sites excluding steroid dienone is 1. The molecule has 0 atom stereocenters. The van der Waals surface area contributed by atoms with Gasteiger partial charge in [-0.25, -0.2) is 0 Å². The molecule has 3 nitrogen and oxygen atoms in total. The summed E-state index contributed by atoms with van der Waals surface area (Å²) >= 11 is 2.25. The third-order valence-electron chi connectivity index (χ3n) is 2.78. The van der Waals surface area contributed by atoms with Crippen LogP contribution in [0.15, 0.2) is 60.8 Å². The Morgan fingerprint density at radius 1 is 1.14 bits per heavy atom. The molecule has 0 unspecified atom stereocenters. The maximum atomic E-state index is 12.0. The number of rotatable bonds is 6. The van der Waals surface area contributed by atoms with E-state index < -0.39 is 0 Å². The minimum Gasteiger partial charge on any atom is -0.494 e. The molecule has 0 heterocycles. The highest BCUT2D eigenvalue weighted by atomic mass is 127. The molecule has 0 aliphatic carbocycles. The van der Waals surface area contributed by atoms with Crippen molar-refractivity contribution in [2.75, 3.05) is 11.9 Å². The Bertz CT molecular complexity index is 618. The number of anilines is 1. The van der Waals surface area contributed by atoms with Gasteiger partial charge >= 0.3 is 0 Å². The first-order valence-corrected chi connectivity index (χ1v) is 7.73. The van der Waals surface area contributed by atoms with Crippen molar-refractivity contribution in [3.63, 3.8) is 0 Å². The molecule has 2 aromatic rings. The van der Waals surface area contributed by atoms with E-state index >= 15 is 0 Å². The zero-order valence-electron chi connectivity index (χ0n) is 11.7. The van der Waals surface area contributed by atoms with E-state index in [0.717, 1.165) is 11.4 Å². The fourth-order valence-electron chi connectivity index (χ4n) is 1.74. The zero-order valence-corrected chi connectivity index (χ0v) is 13.8. The fourth-order valence-corrected chi connectivity index (χ4v) is 2.10. The Kier molecular flexibility index (Phi) is 5.80. The van der Waals surface area contributed by atoms with Crippen LogP contribution in [-0.2, 0) is 0 Å². The van der Waals surface area contributed by atoms with Gasteiger partial charge in [-0.1, -0.05) is 0 Å². The molecule has 2 aromatic carbocycles. The van der Waals surface area contributed by atoms with Crippen LogP contribution in [0.1, 0.15) is 17.3 Å². The lowest BCUT2D eigenvalue weighted by Crippen LogP contribution is -1.97. The van der Waals surface area contributed by atoms with E-state index in [4.69, 9.17) is 4.74 Å². The second-order valence-corrected chi connectivity index (χ2v) is 5.55. The highest BCUT2D eigenvalue weighted by Crippen LogP contribution is 2.13. The average molecular weight is 393 g/mol. The van der Waals surface area contributed by atoms with Gasteiger partial charge in [-0.2, -0.15) is 0 Å². The largest absolute Gasteiger partial charge is 0.494 e. The maximum Gasteiger partial charge on any atom is 0.187 e. The van der Waals surface area contributed by atoms with Gasteiger partial charge in [0.2, 0.25) is 0 Å². The summed E-state index contributed by atoms with van der Waals surface area (Å²) in [5.41, 5.74) is 1.59. The SMILES string of the molecule is CCOc1ccc(C(=O)/C=C/Nc2ccc(I)cc2)cc1. The summed E-state index contributed by atoms with van der Waals surface area (Å²) < 4.78 is 6.52. The van der Waals surface area contributed by atoms with Gasteiger partial charge in [0.05, 0.1) is 6.61 Å². The predicted octanol–water partition coefficient (Wildman–Crippen LogP) is 4.50. The Balaban J connectivity index is 1.94. The third-order valence-corrected chi connectivity index (χ3v) is 3.50. The summed E-state index contributed by atoms with van der Waals surface area (Å²) in [7, 11) is 0. The van der Waals surface area contributed by atoms with Gasteiger partial charge < -0.3 is 10.1 Å². The lowest BCUT2D eigenvalue weighted by atomic mass is 10.1. The van der Waals surface area contributed by atoms with Crippen LogP contribution in [0.5, 0.6) is 5.75 Å². The summed E-state index contributed by atoms with van der Waals surface area (Å²) in [4.78, 5) is 12.0. The van der Waals surface area contributed by atoms with Gasteiger partial charge in [0.15, 0.2) is 5.78 Å². The normalized spacial score (nSPS) is 10.6. The molecule has 21 heavy (non-hydrogen) atoms. The molecule has 0 saturated carbocycles. The van der Waals surface area contributed by atoms with Crippen LogP contribution in [0.3, 0.4) is 0 Å². The van der Waals surface area contributed by atoms with E-state index in [1.54, 1.807) is 30.5 Å². The molecular weight excluding hydrogens is 377 g/mol. The van der Waals surface area contributed by atoms with Gasteiger partial charge in [0.1, 0.15) is 5.75 Å². The summed E-state index contributed by atoms with van der Waals surface area (Å²) in [6.07, 6.45) is 3.18. The molecule has 0 radical (unpaired) electrons. The quantitative estimate of drug-likeness (QED) is 0.446. The van der Waals surface area contributed by atoms with E-state index in [2.05, 4.69) is 27.9 Å². The number of halogens is 1. The minimum absolute atomic E-state index is 0.0453. The molecular formula is C17H16INO2. The highest BCUT2D eigenvalue weighted by molar-refractivity contribution is 14.1. The summed E-state index contributed by atoms with van der Waals surface area (Å²) in [5.74, 6) is 0.728. The number of carbonyl (C=O) groups excluding carboxylic acids is 1. The molecule has 108 valence electrons. The van der Waals surface area contributed by atoms with E-state index in [0.29, 0.717) is 12.2 Å². The van der Waals surface area contributed by atoms with E-state index in [1.807, 2.05) is 31.2 Å². The molecule has 0 fully saturated rings. The highest BCUT2D eigenvalue weighted by Gasteiger charge is 2.01. The summed E-state index contributed by atoms with van der Waals surface area (Å²) in [6.45, 7) is 2.55. The Morgan fingerprint density at radius 3 is 2.43 bits per heavy atom. The van der Waals surface area contributed by atoms with Crippen molar-refractivity contribution < 1.29 is 9.53 Å². The number of hydrogen-bond donors (Lipinski definition) is 1. The Morgan fingerprint density at radius 2 is 1.81 bits per heavy atom. The third kappa shape index (κ3) is 4.90. The van der Waals surface area contributed by atoms with Gasteiger partial charge in [0, 0.05) is 27.1 Å². The number of ketones is 1. The van der Waals surface area contributed by atoms with Crippen LogP contribution in [-0.4, -0.2) is 12.4 Å². The number of carbonyl (C=O) groups is 1. The van der Waals surface area contributed by atoms with Crippen molar-refractivity contribution in [2.45, 2.75) is 6.92 Å². The summed E-state index contributed by atoms with van der Waals surface area (Å²) in [6, 6.07) is 15.1. The van der Waals surface area contributed by atoms with Crippen molar-refractivity contribution >= 4 is 34.1 Å². The molecule has 0 aliphatic rings. The second-order valence-electron chi connectivity index (χ2n) is 4.31. The number of ether oxygens (including phenoxy) is 1. The molecule has 1 N–H and O–H groups in total. The molecule has 0 aromatic heterocycles. The second kappa shape index (κ2) is 7.83. The Labute approximate surface area is 138 Å². The van der Waals surface area contributed by atoms with Crippen molar-refractivity contribution in [2.24, 2.45) is 0 Å². The lowest BCUT2D eigenvalue weighted by Gasteiger charge is -2.03. The van der Waals surface area contributed by atoms with E-state index in [9.17, 15) is 4.79 Å². The first-order valence-electron chi connectivity index (χ1n) is 6.65. The van der Waals surface area contributed by atoms with Crippen LogP contribution < -0.4 is 10.1 Å². The van der Waals surface area contributed by atoms with Gasteiger partial charge in [0.25, 0.3) is 0 Å². The average Bonchev–Trinajstić information content (AvgIpc) is 2.50. The van der Waals surface area contributed by atoms with Crippen LogP contribution in [0.25, 0.3) is 0 Å². The molecule has 2 rings (SSSR count). The molecule has 0 amide bonds. The van der Waals surface area contributed by atoms with Crippen molar-refractivity contribution in [3.8, 4) is 5.75 Å². The summed E-state index contributed by atoms with van der Waals surface area (Å²) in [5, 5.41) is 3.07. The Hall–Kier alpha value is -1.82. The van der Waals surface area contributed by atoms with E-state index in [-0.39, 0.29) is 5.78 Å². The fraction of sp³-hybridized carbons (Fsp3) is 0.118. The van der Waals surface area contributed by atoms with E-state index in [1.165, 1.54) is 9.65 Å². The zero-order chi connectivity index (χ0) is 15.1. The smallest absolute Gasteiger partial charge is 0.187 e. The van der Waals surface area contributed by atoms with Gasteiger partial charge in [-0.3, -0.25) is 4.79 Å². The van der Waals surface area contributed by atoms with Gasteiger partial charge in [-0.15, -0.1) is 0 Å². The van der Waals surface area contributed by atoms with Gasteiger partial charge in [-0.05, 0) is 78.0 Å².